The third-order valence-corrected chi connectivity index (χ3v) is 2.33. The standard InChI is InChI=1S/C14H22N2O3/c1-11(2)10-19-13-5-3-4-12(8-13)9-16-14(18)15-6-7-17/h3-5,8,11,17H,6-7,9-10H2,1-2H3,(H2,15,16,18). The molecular weight excluding hydrogens is 244 g/mol. The van der Waals surface area contributed by atoms with Crippen LogP contribution in [0.3, 0.4) is 0 Å². The van der Waals surface area contributed by atoms with Gasteiger partial charge in [0, 0.05) is 13.1 Å². The zero-order chi connectivity index (χ0) is 14.1. The Morgan fingerprint density at radius 3 is 2.84 bits per heavy atom. The Kier molecular flexibility index (Phi) is 6.74. The molecule has 1 rings (SSSR count). The third kappa shape index (κ3) is 6.67. The smallest absolute Gasteiger partial charge is 0.315 e. The Labute approximate surface area is 114 Å². The molecule has 0 saturated heterocycles. The van der Waals surface area contributed by atoms with Gasteiger partial charge in [-0.3, -0.25) is 0 Å². The summed E-state index contributed by atoms with van der Waals surface area (Å²) in [4.78, 5) is 11.3. The van der Waals surface area contributed by atoms with Crippen LogP contribution in [0.5, 0.6) is 5.75 Å². The number of rotatable bonds is 7. The van der Waals surface area contributed by atoms with Gasteiger partial charge in [0.1, 0.15) is 5.75 Å². The van der Waals surface area contributed by atoms with Crippen LogP contribution in [-0.4, -0.2) is 30.9 Å². The van der Waals surface area contributed by atoms with Crippen molar-refractivity contribution in [3.63, 3.8) is 0 Å². The second-order valence-electron chi connectivity index (χ2n) is 4.69. The van der Waals surface area contributed by atoms with Crippen LogP contribution in [0.4, 0.5) is 4.79 Å². The first-order valence-electron chi connectivity index (χ1n) is 6.46. The van der Waals surface area contributed by atoms with Gasteiger partial charge in [0.2, 0.25) is 0 Å². The van der Waals surface area contributed by atoms with Crippen molar-refractivity contribution in [2.45, 2.75) is 20.4 Å². The summed E-state index contributed by atoms with van der Waals surface area (Å²) in [6.45, 7) is 5.48. The molecule has 0 spiro atoms. The van der Waals surface area contributed by atoms with Crippen molar-refractivity contribution in [1.29, 1.82) is 0 Å². The van der Waals surface area contributed by atoms with E-state index in [-0.39, 0.29) is 19.2 Å². The Hall–Kier alpha value is -1.75. The van der Waals surface area contributed by atoms with Gasteiger partial charge in [0.25, 0.3) is 0 Å². The molecule has 0 unspecified atom stereocenters. The fourth-order valence-electron chi connectivity index (χ4n) is 1.42. The van der Waals surface area contributed by atoms with E-state index >= 15 is 0 Å². The van der Waals surface area contributed by atoms with E-state index in [9.17, 15) is 4.79 Å². The van der Waals surface area contributed by atoms with Crippen molar-refractivity contribution in [2.24, 2.45) is 5.92 Å². The molecule has 0 bridgehead atoms. The molecule has 0 aliphatic rings. The van der Waals surface area contributed by atoms with Crippen molar-refractivity contribution in [3.8, 4) is 5.75 Å². The molecule has 0 aromatic heterocycles. The molecule has 0 saturated carbocycles. The molecular formula is C14H22N2O3. The zero-order valence-electron chi connectivity index (χ0n) is 11.5. The zero-order valence-corrected chi connectivity index (χ0v) is 11.5. The van der Waals surface area contributed by atoms with Gasteiger partial charge in [-0.1, -0.05) is 26.0 Å². The van der Waals surface area contributed by atoms with Gasteiger partial charge >= 0.3 is 6.03 Å². The van der Waals surface area contributed by atoms with Crippen LogP contribution in [-0.2, 0) is 6.54 Å². The molecule has 19 heavy (non-hydrogen) atoms. The van der Waals surface area contributed by atoms with Gasteiger partial charge in [-0.25, -0.2) is 4.79 Å². The second-order valence-corrected chi connectivity index (χ2v) is 4.69. The van der Waals surface area contributed by atoms with Crippen LogP contribution in [0.25, 0.3) is 0 Å². The van der Waals surface area contributed by atoms with Crippen molar-refractivity contribution in [1.82, 2.24) is 10.6 Å². The minimum atomic E-state index is -0.289. The van der Waals surface area contributed by atoms with E-state index in [0.29, 0.717) is 19.1 Å². The predicted molar refractivity (Wildman–Crippen MR) is 74.1 cm³/mol. The van der Waals surface area contributed by atoms with E-state index in [1.807, 2.05) is 24.3 Å². The lowest BCUT2D eigenvalue weighted by atomic mass is 10.2. The first-order valence-corrected chi connectivity index (χ1v) is 6.46. The lowest BCUT2D eigenvalue weighted by Crippen LogP contribution is -2.36. The molecule has 5 heteroatoms. The maximum Gasteiger partial charge on any atom is 0.315 e. The number of urea groups is 1. The summed E-state index contributed by atoms with van der Waals surface area (Å²) in [5, 5.41) is 13.8. The van der Waals surface area contributed by atoms with Gasteiger partial charge in [-0.05, 0) is 23.6 Å². The maximum absolute atomic E-state index is 11.3. The van der Waals surface area contributed by atoms with Crippen LogP contribution in [0, 0.1) is 5.92 Å². The highest BCUT2D eigenvalue weighted by Gasteiger charge is 2.01. The fourth-order valence-corrected chi connectivity index (χ4v) is 1.42. The van der Waals surface area contributed by atoms with E-state index in [1.165, 1.54) is 0 Å². The highest BCUT2D eigenvalue weighted by Crippen LogP contribution is 2.14. The third-order valence-electron chi connectivity index (χ3n) is 2.33. The molecule has 3 N–H and O–H groups in total. The summed E-state index contributed by atoms with van der Waals surface area (Å²) in [7, 11) is 0. The van der Waals surface area contributed by atoms with Gasteiger partial charge in [0.15, 0.2) is 0 Å². The Bertz CT molecular complexity index is 394. The molecule has 0 aliphatic heterocycles. The summed E-state index contributed by atoms with van der Waals surface area (Å²) in [6, 6.07) is 7.35. The molecule has 0 aliphatic carbocycles. The molecule has 0 atom stereocenters. The normalized spacial score (nSPS) is 10.3. The number of carbonyl (C=O) groups excluding carboxylic acids is 1. The molecule has 106 valence electrons. The fraction of sp³-hybridized carbons (Fsp3) is 0.500. The summed E-state index contributed by atoms with van der Waals surface area (Å²) >= 11 is 0. The van der Waals surface area contributed by atoms with E-state index in [1.54, 1.807) is 0 Å². The Morgan fingerprint density at radius 2 is 2.16 bits per heavy atom. The number of aliphatic hydroxyl groups excluding tert-OH is 1. The van der Waals surface area contributed by atoms with Crippen molar-refractivity contribution in [2.75, 3.05) is 19.8 Å². The Balaban J connectivity index is 2.41. The van der Waals surface area contributed by atoms with E-state index in [0.717, 1.165) is 11.3 Å². The maximum atomic E-state index is 11.3. The highest BCUT2D eigenvalue weighted by molar-refractivity contribution is 5.73. The van der Waals surface area contributed by atoms with E-state index in [2.05, 4.69) is 24.5 Å². The number of benzene rings is 1. The van der Waals surface area contributed by atoms with Crippen LogP contribution in [0.2, 0.25) is 0 Å². The molecule has 2 amide bonds. The largest absolute Gasteiger partial charge is 0.493 e. The van der Waals surface area contributed by atoms with Gasteiger partial charge in [-0.15, -0.1) is 0 Å². The van der Waals surface area contributed by atoms with Crippen LogP contribution in [0.1, 0.15) is 19.4 Å². The lowest BCUT2D eigenvalue weighted by molar-refractivity contribution is 0.234. The summed E-state index contributed by atoms with van der Waals surface area (Å²) < 4.78 is 5.62. The molecule has 0 fully saturated rings. The number of carbonyl (C=O) groups is 1. The van der Waals surface area contributed by atoms with Gasteiger partial charge in [-0.2, -0.15) is 0 Å². The molecule has 1 aromatic rings. The minimum absolute atomic E-state index is 0.0635. The molecule has 1 aromatic carbocycles. The Morgan fingerprint density at radius 1 is 1.37 bits per heavy atom. The van der Waals surface area contributed by atoms with Crippen molar-refractivity contribution in [3.05, 3.63) is 29.8 Å². The van der Waals surface area contributed by atoms with Crippen LogP contribution >= 0.6 is 0 Å². The van der Waals surface area contributed by atoms with Crippen molar-refractivity contribution < 1.29 is 14.6 Å². The van der Waals surface area contributed by atoms with Gasteiger partial charge in [0.05, 0.1) is 13.2 Å². The number of aliphatic hydroxyl groups is 1. The number of ether oxygens (including phenoxy) is 1. The molecule has 0 heterocycles. The second kappa shape index (κ2) is 8.37. The quantitative estimate of drug-likeness (QED) is 0.700. The number of hydrogen-bond acceptors (Lipinski definition) is 3. The van der Waals surface area contributed by atoms with Crippen molar-refractivity contribution >= 4 is 6.03 Å². The SMILES string of the molecule is CC(C)COc1cccc(CNC(=O)NCCO)c1. The lowest BCUT2D eigenvalue weighted by Gasteiger charge is -2.10. The average molecular weight is 266 g/mol. The topological polar surface area (TPSA) is 70.6 Å². The summed E-state index contributed by atoms with van der Waals surface area (Å²) in [5.41, 5.74) is 0.973. The minimum Gasteiger partial charge on any atom is -0.493 e. The summed E-state index contributed by atoms with van der Waals surface area (Å²) in [6.07, 6.45) is 0. The first kappa shape index (κ1) is 15.3. The highest BCUT2D eigenvalue weighted by atomic mass is 16.5. The van der Waals surface area contributed by atoms with Gasteiger partial charge < -0.3 is 20.5 Å². The first-order chi connectivity index (χ1) is 9.11. The number of amides is 2. The molecule has 5 nitrogen and oxygen atoms in total. The predicted octanol–water partition coefficient (Wildman–Crippen LogP) is 1.51. The average Bonchev–Trinajstić information content (AvgIpc) is 2.41. The monoisotopic (exact) mass is 266 g/mol. The van der Waals surface area contributed by atoms with E-state index in [4.69, 9.17) is 9.84 Å². The van der Waals surface area contributed by atoms with E-state index < -0.39 is 0 Å². The number of hydrogen-bond donors (Lipinski definition) is 3. The summed E-state index contributed by atoms with van der Waals surface area (Å²) in [5.74, 6) is 1.29. The van der Waals surface area contributed by atoms with Crippen LogP contribution < -0.4 is 15.4 Å². The van der Waals surface area contributed by atoms with Crippen LogP contribution in [0.15, 0.2) is 24.3 Å². The molecule has 0 radical (unpaired) electrons. The number of nitrogens with one attached hydrogen (secondary N) is 2.